The van der Waals surface area contributed by atoms with Crippen molar-refractivity contribution in [3.05, 3.63) is 149 Å². The molecule has 1 atom stereocenters. The van der Waals surface area contributed by atoms with Gasteiger partial charge in [0.15, 0.2) is 5.71 Å². The van der Waals surface area contributed by atoms with E-state index >= 15 is 0 Å². The molecule has 0 spiro atoms. The zero-order valence-corrected chi connectivity index (χ0v) is 33.5. The van der Waals surface area contributed by atoms with Crippen molar-refractivity contribution in [1.29, 1.82) is 0 Å². The summed E-state index contributed by atoms with van der Waals surface area (Å²) in [7, 11) is -3.54. The molecular weight excluding hydrogens is 690 g/mol. The van der Waals surface area contributed by atoms with Crippen LogP contribution in [-0.2, 0) is 33.0 Å². The van der Waals surface area contributed by atoms with Gasteiger partial charge in [-0.2, -0.15) is 8.42 Å². The summed E-state index contributed by atoms with van der Waals surface area (Å²) in [5, 5.41) is 0. The van der Waals surface area contributed by atoms with Crippen LogP contribution in [0.1, 0.15) is 36.1 Å². The predicted octanol–water partition coefficient (Wildman–Crippen LogP) is 4.18. The van der Waals surface area contributed by atoms with Gasteiger partial charge in [-0.15, -0.1) is 0 Å². The van der Waals surface area contributed by atoms with Gasteiger partial charge >= 0.3 is 29.6 Å². The van der Waals surface area contributed by atoms with E-state index in [4.69, 9.17) is 0 Å². The molecule has 8 nitrogen and oxygen atoms in total. The van der Waals surface area contributed by atoms with Crippen LogP contribution >= 0.6 is 0 Å². The van der Waals surface area contributed by atoms with Gasteiger partial charge in [0.25, 0.3) is 10.1 Å². The zero-order chi connectivity index (χ0) is 36.1. The van der Waals surface area contributed by atoms with E-state index < -0.39 is 19.9 Å². The number of hydrogen-bond acceptors (Lipinski definition) is 5. The largest absolute Gasteiger partial charge is 1.00 e. The summed E-state index contributed by atoms with van der Waals surface area (Å²) in [6.45, 7) is 6.65. The second-order valence-corrected chi connectivity index (χ2v) is 15.5. The maximum absolute atomic E-state index is 12.1. The second-order valence-electron chi connectivity index (χ2n) is 12.3. The molecule has 260 valence electrons. The van der Waals surface area contributed by atoms with Crippen LogP contribution in [0, 0.1) is 0 Å². The fraction of sp³-hybridized carbons (Fsp3) is 0.200. The molecule has 0 fully saturated rings. The molecule has 11 heteroatoms. The van der Waals surface area contributed by atoms with E-state index in [1.807, 2.05) is 33.2 Å². The summed E-state index contributed by atoms with van der Waals surface area (Å²) < 4.78 is 57.1. The normalized spacial score (nSPS) is 13.7. The smallest absolute Gasteiger partial charge is 0.367 e. The van der Waals surface area contributed by atoms with E-state index in [0.717, 1.165) is 57.0 Å². The SMILES string of the molecule is C=S(=O)(O)c1cccc(CN(CC)c2ccc(C(=C3C=CC(=[N+](C)C)C=C3)c3ccc(N(CC)Cc4cccc(S(=O)(=O)O)c4)cc3)cc2)c1.[Na+]. The summed E-state index contributed by atoms with van der Waals surface area (Å²) in [5.41, 5.74) is 9.12. The minimum atomic E-state index is -4.28. The van der Waals surface area contributed by atoms with Crippen molar-refractivity contribution in [2.24, 2.45) is 0 Å². The Labute approximate surface area is 325 Å². The summed E-state index contributed by atoms with van der Waals surface area (Å²) in [6, 6.07) is 30.4. The molecule has 0 bridgehead atoms. The van der Waals surface area contributed by atoms with Crippen LogP contribution < -0.4 is 39.4 Å². The van der Waals surface area contributed by atoms with Crippen molar-refractivity contribution < 1.29 is 55.9 Å². The van der Waals surface area contributed by atoms with Crippen LogP contribution in [0.15, 0.2) is 137 Å². The number of nitrogens with zero attached hydrogens (tertiary/aromatic N) is 3. The third-order valence-electron chi connectivity index (χ3n) is 8.69. The maximum atomic E-state index is 12.1. The van der Waals surface area contributed by atoms with Crippen molar-refractivity contribution >= 4 is 48.5 Å². The Bertz CT molecular complexity index is 2060. The molecule has 1 aliphatic carbocycles. The Kier molecular flexibility index (Phi) is 13.5. The average Bonchev–Trinajstić information content (AvgIpc) is 3.10. The summed E-state index contributed by atoms with van der Waals surface area (Å²) >= 11 is 0. The topological polar surface area (TPSA) is 101 Å². The molecule has 51 heavy (non-hydrogen) atoms. The molecule has 0 aromatic heterocycles. The van der Waals surface area contributed by atoms with Crippen LogP contribution in [-0.4, -0.2) is 65.1 Å². The van der Waals surface area contributed by atoms with Crippen molar-refractivity contribution in [1.82, 2.24) is 0 Å². The van der Waals surface area contributed by atoms with Crippen LogP contribution in [0.25, 0.3) is 5.57 Å². The van der Waals surface area contributed by atoms with Gasteiger partial charge in [0, 0.05) is 49.7 Å². The van der Waals surface area contributed by atoms with Crippen LogP contribution in [0.4, 0.5) is 11.4 Å². The first-order valence-electron chi connectivity index (χ1n) is 16.4. The van der Waals surface area contributed by atoms with Gasteiger partial charge in [0.2, 0.25) is 0 Å². The Hall–Kier alpha value is -3.74. The molecule has 4 aromatic rings. The monoisotopic (exact) mass is 733 g/mol. The number of allylic oxidation sites excluding steroid dienone is 5. The van der Waals surface area contributed by atoms with E-state index in [2.05, 4.69) is 100 Å². The third-order valence-corrected chi connectivity index (χ3v) is 10.5. The van der Waals surface area contributed by atoms with Gasteiger partial charge in [0.05, 0.1) is 9.79 Å². The molecular formula is C40H44N3NaO5S2+2. The van der Waals surface area contributed by atoms with Crippen LogP contribution in [0.5, 0.6) is 0 Å². The maximum Gasteiger partial charge on any atom is 1.00 e. The van der Waals surface area contributed by atoms with E-state index in [1.54, 1.807) is 24.3 Å². The van der Waals surface area contributed by atoms with E-state index in [9.17, 15) is 21.7 Å². The minimum absolute atomic E-state index is 0. The van der Waals surface area contributed by atoms with Crippen LogP contribution in [0.3, 0.4) is 0 Å². The Morgan fingerprint density at radius 1 is 0.667 bits per heavy atom. The molecule has 0 aliphatic heterocycles. The molecule has 1 aliphatic rings. The summed E-state index contributed by atoms with van der Waals surface area (Å²) in [4.78, 5) is 4.57. The Morgan fingerprint density at radius 2 is 1.10 bits per heavy atom. The van der Waals surface area contributed by atoms with Gasteiger partial charge in [-0.1, -0.05) is 48.5 Å². The van der Waals surface area contributed by atoms with Gasteiger partial charge in [-0.3, -0.25) is 4.55 Å². The van der Waals surface area contributed by atoms with Gasteiger partial charge < -0.3 is 14.4 Å². The minimum Gasteiger partial charge on any atom is -0.367 e. The standard InChI is InChI=1S/C40H43N3O5S2.Na/c1-6-42(28-30-10-8-12-38(26-30)49(5,44)45)36-22-16-33(17-23-36)40(32-14-20-35(21-15-32)41(3)4)34-18-24-37(25-19-34)43(7-2)29-31-11-9-13-39(27-31)50(46,47)48;/h8-27H,5-7,28-29H2,1-4H3,(H-,44,45,46,47,48);/q;+1/p+1. The van der Waals surface area contributed by atoms with Gasteiger partial charge in [-0.25, -0.2) is 8.78 Å². The Balaban J connectivity index is 0.00000583. The molecule has 0 heterocycles. The summed E-state index contributed by atoms with van der Waals surface area (Å²) in [5.74, 6) is 3.41. The second kappa shape index (κ2) is 17.2. The number of rotatable bonds is 12. The van der Waals surface area contributed by atoms with Gasteiger partial charge in [0.1, 0.15) is 23.9 Å². The predicted molar refractivity (Wildman–Crippen MR) is 207 cm³/mol. The number of hydrogen-bond donors (Lipinski definition) is 2. The van der Waals surface area contributed by atoms with E-state index in [-0.39, 0.29) is 34.5 Å². The fourth-order valence-corrected chi connectivity index (χ4v) is 7.14. The first-order valence-corrected chi connectivity index (χ1v) is 19.5. The zero-order valence-electron chi connectivity index (χ0n) is 29.9. The Morgan fingerprint density at radius 3 is 1.49 bits per heavy atom. The molecule has 0 radical (unpaired) electrons. The summed E-state index contributed by atoms with van der Waals surface area (Å²) in [6.07, 6.45) is 8.50. The van der Waals surface area contributed by atoms with Gasteiger partial charge in [-0.05, 0) is 114 Å². The molecule has 0 amide bonds. The first-order chi connectivity index (χ1) is 23.8. The molecule has 1 unspecified atom stereocenters. The molecule has 2 N–H and O–H groups in total. The quantitative estimate of drug-likeness (QED) is 0.0976. The average molecular weight is 734 g/mol. The van der Waals surface area contributed by atoms with Crippen molar-refractivity contribution in [2.75, 3.05) is 37.0 Å². The molecule has 5 rings (SSSR count). The van der Waals surface area contributed by atoms with Crippen LogP contribution in [0.2, 0.25) is 0 Å². The van der Waals surface area contributed by atoms with Crippen molar-refractivity contribution in [3.63, 3.8) is 0 Å². The van der Waals surface area contributed by atoms with Crippen molar-refractivity contribution in [2.45, 2.75) is 36.7 Å². The number of anilines is 2. The van der Waals surface area contributed by atoms with E-state index in [0.29, 0.717) is 24.5 Å². The fourth-order valence-electron chi connectivity index (χ4n) is 5.96. The van der Waals surface area contributed by atoms with Crippen molar-refractivity contribution in [3.8, 4) is 0 Å². The molecule has 4 aromatic carbocycles. The molecule has 0 saturated heterocycles. The number of benzene rings is 4. The first kappa shape index (κ1) is 40.0. The third kappa shape index (κ3) is 10.2. The molecule has 0 saturated carbocycles. The van der Waals surface area contributed by atoms with E-state index in [1.165, 1.54) is 12.1 Å².